The molecule has 2 aromatic rings. The highest BCUT2D eigenvalue weighted by molar-refractivity contribution is 5.71. The molecule has 2 nitrogen and oxygen atoms in total. The van der Waals surface area contributed by atoms with E-state index in [1.54, 1.807) is 13.0 Å². The number of benzene rings is 2. The van der Waals surface area contributed by atoms with E-state index < -0.39 is 11.6 Å². The van der Waals surface area contributed by atoms with E-state index in [1.165, 1.54) is 50.2 Å². The van der Waals surface area contributed by atoms with Gasteiger partial charge in [-0.3, -0.25) is 0 Å². The Kier molecular flexibility index (Phi) is 7.49. The van der Waals surface area contributed by atoms with Gasteiger partial charge in [0.05, 0.1) is 12.9 Å². The van der Waals surface area contributed by atoms with E-state index in [0.717, 1.165) is 24.3 Å². The molecule has 1 heterocycles. The molecular weight excluding hydrogens is 406 g/mol. The summed E-state index contributed by atoms with van der Waals surface area (Å²) in [7, 11) is 0. The molecule has 4 rings (SSSR count). The third kappa shape index (κ3) is 5.00. The zero-order valence-electron chi connectivity index (χ0n) is 19.2. The van der Waals surface area contributed by atoms with Crippen LogP contribution in [-0.4, -0.2) is 12.7 Å². The molecule has 1 aliphatic carbocycles. The maximum atomic E-state index is 14.5. The van der Waals surface area contributed by atoms with E-state index in [0.29, 0.717) is 24.2 Å². The fourth-order valence-corrected chi connectivity index (χ4v) is 5.30. The molecule has 1 unspecified atom stereocenters. The molecule has 32 heavy (non-hydrogen) atoms. The number of hydrogen-bond acceptors (Lipinski definition) is 2. The Morgan fingerprint density at radius 1 is 0.875 bits per heavy atom. The predicted molar refractivity (Wildman–Crippen MR) is 125 cm³/mol. The average Bonchev–Trinajstić information content (AvgIpc) is 2.83. The minimum absolute atomic E-state index is 0.0525. The van der Waals surface area contributed by atoms with Gasteiger partial charge in [0.2, 0.25) is 5.82 Å². The number of ether oxygens (including phenoxy) is 2. The Bertz CT molecular complexity index is 927. The van der Waals surface area contributed by atoms with E-state index in [2.05, 4.69) is 6.92 Å². The highest BCUT2D eigenvalue weighted by Crippen LogP contribution is 2.39. The van der Waals surface area contributed by atoms with Gasteiger partial charge < -0.3 is 9.47 Å². The Hall–Kier alpha value is -2.36. The van der Waals surface area contributed by atoms with Crippen molar-refractivity contribution in [2.24, 2.45) is 11.8 Å². The van der Waals surface area contributed by atoms with E-state index >= 15 is 0 Å². The molecular formula is C28H34F2O2. The van der Waals surface area contributed by atoms with Crippen LogP contribution in [0.4, 0.5) is 8.78 Å². The van der Waals surface area contributed by atoms with Crippen molar-refractivity contribution >= 4 is 5.57 Å². The van der Waals surface area contributed by atoms with Gasteiger partial charge in [-0.05, 0) is 73.3 Å². The van der Waals surface area contributed by atoms with Crippen molar-refractivity contribution in [1.82, 2.24) is 0 Å². The first kappa shape index (κ1) is 22.8. The van der Waals surface area contributed by atoms with Crippen molar-refractivity contribution in [2.45, 2.75) is 71.3 Å². The molecule has 172 valence electrons. The monoisotopic (exact) mass is 440 g/mol. The lowest BCUT2D eigenvalue weighted by Crippen LogP contribution is -2.28. The van der Waals surface area contributed by atoms with Gasteiger partial charge in [0.15, 0.2) is 11.6 Å². The van der Waals surface area contributed by atoms with Crippen LogP contribution >= 0.6 is 0 Å². The van der Waals surface area contributed by atoms with Gasteiger partial charge in [0, 0.05) is 5.56 Å². The first-order valence-electron chi connectivity index (χ1n) is 12.2. The molecule has 1 aliphatic heterocycles. The standard InChI is InChI=1S/C28H34F2O2/c1-3-5-19-6-8-22(9-7-19)25-16-14-23(18-32-25)20-10-12-21(13-11-20)24-15-17-26(31-4-2)28(30)27(24)29/h10-13,15,17-19,22,25H,3-9,14,16H2,1-2H3. The molecule has 1 saturated carbocycles. The second-order valence-corrected chi connectivity index (χ2v) is 9.18. The van der Waals surface area contributed by atoms with E-state index in [4.69, 9.17) is 9.47 Å². The van der Waals surface area contributed by atoms with E-state index in [-0.39, 0.29) is 11.3 Å². The quantitative estimate of drug-likeness (QED) is 0.432. The third-order valence-corrected chi connectivity index (χ3v) is 7.11. The van der Waals surface area contributed by atoms with Gasteiger partial charge in [-0.2, -0.15) is 4.39 Å². The Labute approximate surface area is 190 Å². The molecule has 1 atom stereocenters. The van der Waals surface area contributed by atoms with Crippen molar-refractivity contribution in [3.8, 4) is 16.9 Å². The van der Waals surface area contributed by atoms with Crippen LogP contribution in [-0.2, 0) is 4.74 Å². The average molecular weight is 441 g/mol. The first-order valence-corrected chi connectivity index (χ1v) is 12.2. The van der Waals surface area contributed by atoms with Crippen LogP contribution in [0.1, 0.15) is 70.8 Å². The summed E-state index contributed by atoms with van der Waals surface area (Å²) in [5, 5.41) is 0. The summed E-state index contributed by atoms with van der Waals surface area (Å²) in [6.07, 6.45) is 12.2. The number of rotatable bonds is 7. The number of allylic oxidation sites excluding steroid dienone is 1. The topological polar surface area (TPSA) is 18.5 Å². The van der Waals surface area contributed by atoms with Crippen molar-refractivity contribution in [2.75, 3.05) is 6.61 Å². The Morgan fingerprint density at radius 2 is 1.59 bits per heavy atom. The summed E-state index contributed by atoms with van der Waals surface area (Å²) in [4.78, 5) is 0. The van der Waals surface area contributed by atoms with Crippen LogP contribution in [0.5, 0.6) is 5.75 Å². The van der Waals surface area contributed by atoms with Gasteiger partial charge in [-0.1, -0.05) is 56.9 Å². The molecule has 0 saturated heterocycles. The third-order valence-electron chi connectivity index (χ3n) is 7.11. The fourth-order valence-electron chi connectivity index (χ4n) is 5.30. The molecule has 1 fully saturated rings. The van der Waals surface area contributed by atoms with Gasteiger partial charge >= 0.3 is 0 Å². The van der Waals surface area contributed by atoms with Gasteiger partial charge in [0.25, 0.3) is 0 Å². The van der Waals surface area contributed by atoms with Crippen molar-refractivity contribution < 1.29 is 18.3 Å². The molecule has 0 N–H and O–H groups in total. The molecule has 0 bridgehead atoms. The predicted octanol–water partition coefficient (Wildman–Crippen LogP) is 8.16. The van der Waals surface area contributed by atoms with Crippen LogP contribution < -0.4 is 4.74 Å². The number of halogens is 2. The maximum Gasteiger partial charge on any atom is 0.201 e. The minimum atomic E-state index is -0.938. The fraction of sp³-hybridized carbons (Fsp3) is 0.500. The molecule has 0 aromatic heterocycles. The summed E-state index contributed by atoms with van der Waals surface area (Å²) in [5.41, 5.74) is 3.13. The van der Waals surface area contributed by atoms with E-state index in [9.17, 15) is 8.78 Å². The Morgan fingerprint density at radius 3 is 2.22 bits per heavy atom. The zero-order valence-corrected chi connectivity index (χ0v) is 19.2. The summed E-state index contributed by atoms with van der Waals surface area (Å²) >= 11 is 0. The van der Waals surface area contributed by atoms with Crippen molar-refractivity contribution in [1.29, 1.82) is 0 Å². The maximum absolute atomic E-state index is 14.5. The van der Waals surface area contributed by atoms with Gasteiger partial charge in [-0.15, -0.1) is 0 Å². The lowest BCUT2D eigenvalue weighted by atomic mass is 9.76. The molecule has 0 radical (unpaired) electrons. The van der Waals surface area contributed by atoms with Crippen molar-refractivity contribution in [3.63, 3.8) is 0 Å². The molecule has 0 amide bonds. The largest absolute Gasteiger partial charge is 0.497 e. The SMILES string of the molecule is CCCC1CCC(C2CCC(c3ccc(-c4ccc(OCC)c(F)c4F)cc3)=CO2)CC1. The second kappa shape index (κ2) is 10.5. The van der Waals surface area contributed by atoms with Gasteiger partial charge in [0.1, 0.15) is 6.10 Å². The van der Waals surface area contributed by atoms with Crippen molar-refractivity contribution in [3.05, 3.63) is 59.9 Å². The lowest BCUT2D eigenvalue weighted by molar-refractivity contribution is 0.0447. The van der Waals surface area contributed by atoms with Crippen LogP contribution in [0.2, 0.25) is 0 Å². The molecule has 4 heteroatoms. The normalized spacial score (nSPS) is 23.4. The van der Waals surface area contributed by atoms with Crippen LogP contribution in [0, 0.1) is 23.5 Å². The summed E-state index contributed by atoms with van der Waals surface area (Å²) in [6, 6.07) is 10.7. The minimum Gasteiger partial charge on any atom is -0.497 e. The molecule has 2 aliphatic rings. The number of hydrogen-bond donors (Lipinski definition) is 0. The van der Waals surface area contributed by atoms with Crippen LogP contribution in [0.3, 0.4) is 0 Å². The van der Waals surface area contributed by atoms with E-state index in [1.807, 2.05) is 30.5 Å². The molecule has 0 spiro atoms. The highest BCUT2D eigenvalue weighted by Gasteiger charge is 2.30. The summed E-state index contributed by atoms with van der Waals surface area (Å²) in [6.45, 7) is 4.32. The first-order chi connectivity index (χ1) is 15.6. The van der Waals surface area contributed by atoms with Crippen LogP contribution in [0.15, 0.2) is 42.7 Å². The molecule has 2 aromatic carbocycles. The van der Waals surface area contributed by atoms with Gasteiger partial charge in [-0.25, -0.2) is 4.39 Å². The summed E-state index contributed by atoms with van der Waals surface area (Å²) in [5.74, 6) is -0.269. The zero-order chi connectivity index (χ0) is 22.5. The highest BCUT2D eigenvalue weighted by atomic mass is 19.2. The smallest absolute Gasteiger partial charge is 0.201 e. The second-order valence-electron chi connectivity index (χ2n) is 9.18. The lowest BCUT2D eigenvalue weighted by Gasteiger charge is -2.35. The Balaban J connectivity index is 1.39. The van der Waals surface area contributed by atoms with Crippen LogP contribution in [0.25, 0.3) is 16.7 Å². The summed E-state index contributed by atoms with van der Waals surface area (Å²) < 4.78 is 40.1.